The summed E-state index contributed by atoms with van der Waals surface area (Å²) in [6.45, 7) is 0. The number of hydrogen-bond donors (Lipinski definition) is 0. The maximum atomic E-state index is 5.32. The van der Waals surface area contributed by atoms with Gasteiger partial charge in [0.25, 0.3) is 0 Å². The molecule has 12 rings (SSSR count). The molecule has 284 valence electrons. The van der Waals surface area contributed by atoms with Crippen LogP contribution in [0.5, 0.6) is 0 Å². The Morgan fingerprint density at radius 3 is 1.38 bits per heavy atom. The average Bonchev–Trinajstić information content (AvgIpc) is 3.69. The first kappa shape index (κ1) is 34.8. The van der Waals surface area contributed by atoms with Gasteiger partial charge in [-0.2, -0.15) is 9.97 Å². The first-order valence-corrected chi connectivity index (χ1v) is 20.7. The summed E-state index contributed by atoms with van der Waals surface area (Å²) in [5.74, 6) is 1.80. The van der Waals surface area contributed by atoms with Crippen LogP contribution in [0.1, 0.15) is 0 Å². The maximum Gasteiger partial charge on any atom is 0.238 e. The van der Waals surface area contributed by atoms with Crippen LogP contribution in [0.25, 0.3) is 116 Å². The molecule has 0 amide bonds. The normalized spacial score (nSPS) is 11.6. The van der Waals surface area contributed by atoms with Gasteiger partial charge in [0.2, 0.25) is 5.95 Å². The van der Waals surface area contributed by atoms with E-state index in [1.807, 2.05) is 24.3 Å². The van der Waals surface area contributed by atoms with Crippen LogP contribution >= 0.6 is 0 Å². The second-order valence-electron chi connectivity index (χ2n) is 15.5. The van der Waals surface area contributed by atoms with Gasteiger partial charge in [0.05, 0.1) is 11.0 Å². The zero-order valence-electron chi connectivity index (χ0n) is 33.1. The zero-order chi connectivity index (χ0) is 40.3. The van der Waals surface area contributed by atoms with Crippen LogP contribution in [0, 0.1) is 0 Å². The standard InChI is InChI=1S/C57H36N4/c1-3-16-37(17-4-1)38-30-32-40(33-31-38)56-58-55(39-18-5-2-6-19-39)59-57(60-56)61-53-29-14-13-26-49(53)51-28-15-27-50(54(51)61)43-21-8-7-20-42(43)41-34-35-48-46-24-10-9-22-44(46)45-23-11-12-25-47(45)52(48)36-41/h1-36H. The van der Waals surface area contributed by atoms with Gasteiger partial charge in [-0.05, 0) is 72.3 Å². The fourth-order valence-corrected chi connectivity index (χ4v) is 9.24. The van der Waals surface area contributed by atoms with Crippen molar-refractivity contribution < 1.29 is 0 Å². The number of hydrogen-bond acceptors (Lipinski definition) is 3. The lowest BCUT2D eigenvalue weighted by Crippen LogP contribution is -2.07. The fraction of sp³-hybridized carbons (Fsp3) is 0. The third kappa shape index (κ3) is 5.80. The Hall–Kier alpha value is -8.21. The summed E-state index contributed by atoms with van der Waals surface area (Å²) in [5, 5.41) is 9.84. The van der Waals surface area contributed by atoms with Crippen LogP contribution in [0.2, 0.25) is 0 Å². The summed E-state index contributed by atoms with van der Waals surface area (Å²) in [4.78, 5) is 15.7. The summed E-state index contributed by atoms with van der Waals surface area (Å²) in [6, 6.07) is 77.6. The number of fused-ring (bicyclic) bond motifs is 9. The van der Waals surface area contributed by atoms with Crippen LogP contribution in [-0.2, 0) is 0 Å². The monoisotopic (exact) mass is 776 g/mol. The van der Waals surface area contributed by atoms with Crippen LogP contribution in [0.3, 0.4) is 0 Å². The second-order valence-corrected chi connectivity index (χ2v) is 15.5. The van der Waals surface area contributed by atoms with E-state index in [4.69, 9.17) is 15.0 Å². The summed E-state index contributed by atoms with van der Waals surface area (Å²) in [6.07, 6.45) is 0. The van der Waals surface area contributed by atoms with E-state index in [0.717, 1.165) is 60.8 Å². The minimum atomic E-state index is 0.566. The third-order valence-corrected chi connectivity index (χ3v) is 12.1. The summed E-state index contributed by atoms with van der Waals surface area (Å²) < 4.78 is 2.24. The molecule has 0 aliphatic heterocycles. The van der Waals surface area contributed by atoms with Crippen LogP contribution in [0.4, 0.5) is 0 Å². The Labute approximate surface area is 352 Å². The van der Waals surface area contributed by atoms with E-state index in [-0.39, 0.29) is 0 Å². The van der Waals surface area contributed by atoms with E-state index in [0.29, 0.717) is 17.6 Å². The first-order chi connectivity index (χ1) is 30.3. The maximum absolute atomic E-state index is 5.32. The highest BCUT2D eigenvalue weighted by Crippen LogP contribution is 2.43. The Morgan fingerprint density at radius 2 is 0.705 bits per heavy atom. The van der Waals surface area contributed by atoms with Crippen molar-refractivity contribution in [3.05, 3.63) is 218 Å². The molecule has 0 N–H and O–H groups in total. The lowest BCUT2D eigenvalue weighted by molar-refractivity contribution is 0.954. The molecule has 0 radical (unpaired) electrons. The van der Waals surface area contributed by atoms with E-state index in [1.165, 1.54) is 37.9 Å². The highest BCUT2D eigenvalue weighted by Gasteiger charge is 2.22. The average molecular weight is 777 g/mol. The quantitative estimate of drug-likeness (QED) is 0.158. The molecule has 0 aliphatic carbocycles. The van der Waals surface area contributed by atoms with Gasteiger partial charge >= 0.3 is 0 Å². The summed E-state index contributed by atoms with van der Waals surface area (Å²) >= 11 is 0. The molecule has 0 atom stereocenters. The van der Waals surface area contributed by atoms with Gasteiger partial charge in [0.1, 0.15) is 0 Å². The van der Waals surface area contributed by atoms with E-state index in [2.05, 4.69) is 199 Å². The molecule has 4 heteroatoms. The minimum absolute atomic E-state index is 0.566. The van der Waals surface area contributed by atoms with Gasteiger partial charge in [-0.25, -0.2) is 4.98 Å². The SMILES string of the molecule is c1ccc(-c2ccc(-c3nc(-c4ccccc4)nc(-n4c5ccccc5c5cccc(-c6ccccc6-c6ccc7c8ccccc8c8ccccc8c7c6)c54)n3)cc2)cc1. The topological polar surface area (TPSA) is 43.6 Å². The number of benzene rings is 10. The molecule has 12 aromatic rings. The van der Waals surface area contributed by atoms with E-state index in [9.17, 15) is 0 Å². The highest BCUT2D eigenvalue weighted by molar-refractivity contribution is 6.26. The lowest BCUT2D eigenvalue weighted by Gasteiger charge is -2.16. The molecule has 0 unspecified atom stereocenters. The molecule has 2 aromatic heterocycles. The molecular formula is C57H36N4. The van der Waals surface area contributed by atoms with Crippen molar-refractivity contribution >= 4 is 54.1 Å². The summed E-state index contributed by atoms with van der Waals surface area (Å²) in [7, 11) is 0. The summed E-state index contributed by atoms with van der Waals surface area (Å²) in [5.41, 5.74) is 10.8. The molecule has 2 heterocycles. The van der Waals surface area contributed by atoms with Crippen molar-refractivity contribution in [1.82, 2.24) is 19.5 Å². The third-order valence-electron chi connectivity index (χ3n) is 12.1. The van der Waals surface area contributed by atoms with Crippen molar-refractivity contribution in [3.63, 3.8) is 0 Å². The van der Waals surface area contributed by atoms with Gasteiger partial charge in [-0.3, -0.25) is 4.57 Å². The first-order valence-electron chi connectivity index (χ1n) is 20.7. The molecular weight excluding hydrogens is 741 g/mol. The molecule has 0 spiro atoms. The Balaban J connectivity index is 1.09. The molecule has 0 aliphatic rings. The van der Waals surface area contributed by atoms with Gasteiger partial charge in [0.15, 0.2) is 11.6 Å². The molecule has 61 heavy (non-hydrogen) atoms. The van der Waals surface area contributed by atoms with Crippen LogP contribution < -0.4 is 0 Å². The van der Waals surface area contributed by atoms with Gasteiger partial charge in [-0.15, -0.1) is 0 Å². The van der Waals surface area contributed by atoms with Crippen LogP contribution in [0.15, 0.2) is 218 Å². The fourth-order valence-electron chi connectivity index (χ4n) is 9.24. The lowest BCUT2D eigenvalue weighted by atomic mass is 9.89. The largest absolute Gasteiger partial charge is 0.277 e. The van der Waals surface area contributed by atoms with Crippen molar-refractivity contribution in [2.24, 2.45) is 0 Å². The molecule has 0 fully saturated rings. The molecule has 10 aromatic carbocycles. The smallest absolute Gasteiger partial charge is 0.238 e. The number of para-hydroxylation sites is 2. The minimum Gasteiger partial charge on any atom is -0.277 e. The van der Waals surface area contributed by atoms with Gasteiger partial charge < -0.3 is 0 Å². The molecule has 0 saturated heterocycles. The van der Waals surface area contributed by atoms with E-state index in [1.54, 1.807) is 0 Å². The van der Waals surface area contributed by atoms with Crippen molar-refractivity contribution in [2.75, 3.05) is 0 Å². The number of nitrogens with zero attached hydrogens (tertiary/aromatic N) is 4. The van der Waals surface area contributed by atoms with E-state index >= 15 is 0 Å². The van der Waals surface area contributed by atoms with Crippen molar-refractivity contribution in [3.8, 4) is 62.1 Å². The molecule has 4 nitrogen and oxygen atoms in total. The second kappa shape index (κ2) is 14.3. The zero-order valence-corrected chi connectivity index (χ0v) is 33.1. The molecule has 0 saturated carbocycles. The Bertz CT molecular complexity index is 3590. The van der Waals surface area contributed by atoms with Gasteiger partial charge in [-0.1, -0.05) is 206 Å². The predicted molar refractivity (Wildman–Crippen MR) is 254 cm³/mol. The van der Waals surface area contributed by atoms with Gasteiger partial charge in [0, 0.05) is 27.5 Å². The van der Waals surface area contributed by atoms with E-state index < -0.39 is 0 Å². The van der Waals surface area contributed by atoms with Crippen molar-refractivity contribution in [2.45, 2.75) is 0 Å². The Kier molecular flexibility index (Phi) is 8.13. The van der Waals surface area contributed by atoms with Crippen LogP contribution in [-0.4, -0.2) is 19.5 Å². The molecule has 0 bridgehead atoms. The highest BCUT2D eigenvalue weighted by atomic mass is 15.2. The van der Waals surface area contributed by atoms with Crippen molar-refractivity contribution in [1.29, 1.82) is 0 Å². The number of aromatic nitrogens is 4. The number of rotatable bonds is 6. The predicted octanol–water partition coefficient (Wildman–Crippen LogP) is 14.8. The Morgan fingerprint density at radius 1 is 0.262 bits per heavy atom.